The number of hydrogen-bond donors (Lipinski definition) is 0. The van der Waals surface area contributed by atoms with Crippen molar-refractivity contribution in [2.75, 3.05) is 13.7 Å². The summed E-state index contributed by atoms with van der Waals surface area (Å²) < 4.78 is 5.13. The predicted molar refractivity (Wildman–Crippen MR) is 68.8 cm³/mol. The highest BCUT2D eigenvalue weighted by atomic mass is 16.5. The molecule has 0 atom stereocenters. The second-order valence-corrected chi connectivity index (χ2v) is 4.32. The Bertz CT molecular complexity index is 365. The van der Waals surface area contributed by atoms with Crippen LogP contribution in [0.1, 0.15) is 25.8 Å². The van der Waals surface area contributed by atoms with E-state index in [0.29, 0.717) is 12.5 Å². The van der Waals surface area contributed by atoms with E-state index in [2.05, 4.69) is 36.9 Å². The maximum absolute atomic E-state index is 8.64. The van der Waals surface area contributed by atoms with E-state index in [1.54, 1.807) is 7.11 Å². The van der Waals surface area contributed by atoms with E-state index in [9.17, 15) is 0 Å². The van der Waals surface area contributed by atoms with Crippen molar-refractivity contribution in [3.63, 3.8) is 0 Å². The molecule has 0 amide bonds. The van der Waals surface area contributed by atoms with Crippen molar-refractivity contribution in [3.05, 3.63) is 29.8 Å². The summed E-state index contributed by atoms with van der Waals surface area (Å²) >= 11 is 0. The summed E-state index contributed by atoms with van der Waals surface area (Å²) in [4.78, 5) is 2.30. The lowest BCUT2D eigenvalue weighted by Crippen LogP contribution is -2.31. The molecule has 0 bridgehead atoms. The van der Waals surface area contributed by atoms with Crippen LogP contribution < -0.4 is 4.74 Å². The second-order valence-electron chi connectivity index (χ2n) is 4.32. The van der Waals surface area contributed by atoms with Crippen molar-refractivity contribution >= 4 is 0 Å². The van der Waals surface area contributed by atoms with E-state index in [-0.39, 0.29) is 0 Å². The first-order valence-electron chi connectivity index (χ1n) is 5.91. The maximum Gasteiger partial charge on any atom is 0.118 e. The van der Waals surface area contributed by atoms with Crippen LogP contribution >= 0.6 is 0 Å². The zero-order valence-electron chi connectivity index (χ0n) is 10.8. The molecule has 0 unspecified atom stereocenters. The van der Waals surface area contributed by atoms with Crippen molar-refractivity contribution in [2.24, 2.45) is 0 Å². The molecule has 1 aromatic rings. The van der Waals surface area contributed by atoms with Crippen LogP contribution in [0.25, 0.3) is 0 Å². The van der Waals surface area contributed by atoms with E-state index in [1.165, 1.54) is 5.56 Å². The van der Waals surface area contributed by atoms with Crippen molar-refractivity contribution in [1.29, 1.82) is 5.26 Å². The molecule has 3 heteroatoms. The van der Waals surface area contributed by atoms with Gasteiger partial charge in [-0.3, -0.25) is 4.90 Å². The molecule has 1 rings (SSSR count). The van der Waals surface area contributed by atoms with Gasteiger partial charge in [-0.05, 0) is 31.5 Å². The standard InChI is InChI=1S/C14H20N2O/c1-12(2)16(10-4-9-15)11-13-5-7-14(17-3)8-6-13/h5-8,12H,4,10-11H2,1-3H3. The van der Waals surface area contributed by atoms with Gasteiger partial charge < -0.3 is 4.74 Å². The van der Waals surface area contributed by atoms with Gasteiger partial charge in [-0.1, -0.05) is 12.1 Å². The summed E-state index contributed by atoms with van der Waals surface area (Å²) in [6, 6.07) is 10.7. The molecule has 0 saturated heterocycles. The highest BCUT2D eigenvalue weighted by Gasteiger charge is 2.09. The number of hydrogen-bond acceptors (Lipinski definition) is 3. The van der Waals surface area contributed by atoms with Crippen LogP contribution in [0, 0.1) is 11.3 Å². The lowest BCUT2D eigenvalue weighted by Gasteiger charge is -2.25. The van der Waals surface area contributed by atoms with Gasteiger partial charge in [0.25, 0.3) is 0 Å². The van der Waals surface area contributed by atoms with E-state index >= 15 is 0 Å². The minimum absolute atomic E-state index is 0.449. The molecule has 0 spiro atoms. The van der Waals surface area contributed by atoms with Gasteiger partial charge >= 0.3 is 0 Å². The number of nitrogens with zero attached hydrogens (tertiary/aromatic N) is 2. The molecule has 17 heavy (non-hydrogen) atoms. The number of rotatable bonds is 6. The van der Waals surface area contributed by atoms with Gasteiger partial charge in [0.15, 0.2) is 0 Å². The molecule has 0 aromatic heterocycles. The zero-order chi connectivity index (χ0) is 12.7. The Balaban J connectivity index is 2.62. The van der Waals surface area contributed by atoms with E-state index < -0.39 is 0 Å². The van der Waals surface area contributed by atoms with Crippen LogP contribution in [-0.4, -0.2) is 24.6 Å². The van der Waals surface area contributed by atoms with Crippen molar-refractivity contribution in [2.45, 2.75) is 32.9 Å². The van der Waals surface area contributed by atoms with E-state index in [4.69, 9.17) is 10.00 Å². The van der Waals surface area contributed by atoms with Crippen molar-refractivity contribution < 1.29 is 4.74 Å². The van der Waals surface area contributed by atoms with Crippen LogP contribution in [0.3, 0.4) is 0 Å². The van der Waals surface area contributed by atoms with E-state index in [1.807, 2.05) is 12.1 Å². The molecule has 0 heterocycles. The number of ether oxygens (including phenoxy) is 1. The van der Waals surface area contributed by atoms with Crippen LogP contribution in [0.15, 0.2) is 24.3 Å². The first-order valence-corrected chi connectivity index (χ1v) is 5.91. The second kappa shape index (κ2) is 6.93. The Kier molecular flexibility index (Phi) is 5.51. The smallest absolute Gasteiger partial charge is 0.118 e. The third-order valence-electron chi connectivity index (χ3n) is 2.79. The van der Waals surface area contributed by atoms with Crippen LogP contribution in [-0.2, 0) is 6.54 Å². The molecule has 0 radical (unpaired) electrons. The van der Waals surface area contributed by atoms with Gasteiger partial charge in [-0.2, -0.15) is 5.26 Å². The van der Waals surface area contributed by atoms with Gasteiger partial charge in [0, 0.05) is 25.6 Å². The fourth-order valence-electron chi connectivity index (χ4n) is 1.68. The zero-order valence-corrected chi connectivity index (χ0v) is 10.8. The molecular weight excluding hydrogens is 212 g/mol. The minimum atomic E-state index is 0.449. The summed E-state index contributed by atoms with van der Waals surface area (Å²) in [5, 5.41) is 8.64. The van der Waals surface area contributed by atoms with Gasteiger partial charge in [-0.15, -0.1) is 0 Å². The fraction of sp³-hybridized carbons (Fsp3) is 0.500. The first kappa shape index (κ1) is 13.5. The van der Waals surface area contributed by atoms with Gasteiger partial charge in [-0.25, -0.2) is 0 Å². The maximum atomic E-state index is 8.64. The third kappa shape index (κ3) is 4.46. The summed E-state index contributed by atoms with van der Waals surface area (Å²) in [5.41, 5.74) is 1.25. The number of benzene rings is 1. The van der Waals surface area contributed by atoms with Crippen LogP contribution in [0.4, 0.5) is 0 Å². The van der Waals surface area contributed by atoms with Crippen molar-refractivity contribution in [3.8, 4) is 11.8 Å². The average Bonchev–Trinajstić information content (AvgIpc) is 2.35. The van der Waals surface area contributed by atoms with Gasteiger partial charge in [0.1, 0.15) is 5.75 Å². The summed E-state index contributed by atoms with van der Waals surface area (Å²) in [6.07, 6.45) is 0.578. The lowest BCUT2D eigenvalue weighted by molar-refractivity contribution is 0.218. The molecule has 0 aliphatic heterocycles. The Morgan fingerprint density at radius 2 is 1.94 bits per heavy atom. The predicted octanol–water partition coefficient (Wildman–Crippen LogP) is 2.82. The minimum Gasteiger partial charge on any atom is -0.497 e. The lowest BCUT2D eigenvalue weighted by atomic mass is 10.1. The molecule has 0 N–H and O–H groups in total. The Labute approximate surface area is 104 Å². The Morgan fingerprint density at radius 1 is 1.29 bits per heavy atom. The largest absolute Gasteiger partial charge is 0.497 e. The highest BCUT2D eigenvalue weighted by Crippen LogP contribution is 2.14. The third-order valence-corrected chi connectivity index (χ3v) is 2.79. The molecule has 0 aliphatic rings. The SMILES string of the molecule is COc1ccc(CN(CCC#N)C(C)C)cc1. The molecular formula is C14H20N2O. The van der Waals surface area contributed by atoms with Crippen molar-refractivity contribution in [1.82, 2.24) is 4.90 Å². The Morgan fingerprint density at radius 3 is 2.41 bits per heavy atom. The molecule has 0 aliphatic carbocycles. The monoisotopic (exact) mass is 232 g/mol. The van der Waals surface area contributed by atoms with Crippen LogP contribution in [0.5, 0.6) is 5.75 Å². The number of methoxy groups -OCH3 is 1. The quantitative estimate of drug-likeness (QED) is 0.756. The number of nitriles is 1. The van der Waals surface area contributed by atoms with E-state index in [0.717, 1.165) is 18.8 Å². The van der Waals surface area contributed by atoms with Gasteiger partial charge in [0.05, 0.1) is 13.2 Å². The summed E-state index contributed by atoms with van der Waals surface area (Å²) in [7, 11) is 1.67. The molecule has 3 nitrogen and oxygen atoms in total. The van der Waals surface area contributed by atoms with Gasteiger partial charge in [0.2, 0.25) is 0 Å². The Hall–Kier alpha value is -1.53. The summed E-state index contributed by atoms with van der Waals surface area (Å²) in [6.45, 7) is 6.01. The fourth-order valence-corrected chi connectivity index (χ4v) is 1.68. The highest BCUT2D eigenvalue weighted by molar-refractivity contribution is 5.27. The molecule has 0 fully saturated rings. The molecule has 0 saturated carbocycles. The van der Waals surface area contributed by atoms with Crippen LogP contribution in [0.2, 0.25) is 0 Å². The average molecular weight is 232 g/mol. The first-order chi connectivity index (χ1) is 8.17. The topological polar surface area (TPSA) is 36.3 Å². The molecule has 1 aromatic carbocycles. The summed E-state index contributed by atoms with van der Waals surface area (Å²) in [5.74, 6) is 0.877. The molecule has 92 valence electrons. The normalized spacial score (nSPS) is 10.6.